The Balaban J connectivity index is 2.35. The third-order valence-corrected chi connectivity index (χ3v) is 3.49. The molecule has 0 aromatic carbocycles. The smallest absolute Gasteiger partial charge is 0.0625 e. The van der Waals surface area contributed by atoms with Crippen LogP contribution in [0.2, 0.25) is 0 Å². The summed E-state index contributed by atoms with van der Waals surface area (Å²) in [6, 6.07) is 0.627. The largest absolute Gasteiger partial charge is 0.317 e. The van der Waals surface area contributed by atoms with Crippen molar-refractivity contribution in [3.8, 4) is 0 Å². The van der Waals surface area contributed by atoms with Gasteiger partial charge in [0.1, 0.15) is 0 Å². The predicted molar refractivity (Wildman–Crippen MR) is 68.8 cm³/mol. The van der Waals surface area contributed by atoms with Gasteiger partial charge in [-0.2, -0.15) is 5.10 Å². The van der Waals surface area contributed by atoms with E-state index in [1.807, 2.05) is 7.05 Å². The second-order valence-electron chi connectivity index (χ2n) is 4.70. The van der Waals surface area contributed by atoms with Gasteiger partial charge >= 0.3 is 0 Å². The lowest BCUT2D eigenvalue weighted by molar-refractivity contribution is 0.484. The molecule has 0 aliphatic carbocycles. The average molecular weight is 223 g/mol. The Labute approximate surface area is 99.2 Å². The number of nitrogens with zero attached hydrogens (tertiary/aromatic N) is 2. The number of aryl methyl sites for hydroxylation is 2. The van der Waals surface area contributed by atoms with Crippen LogP contribution in [-0.2, 0) is 6.54 Å². The Morgan fingerprint density at radius 1 is 1.25 bits per heavy atom. The van der Waals surface area contributed by atoms with Crippen molar-refractivity contribution in [2.75, 3.05) is 7.05 Å². The fraction of sp³-hybridized carbons (Fsp3) is 0.769. The zero-order chi connectivity index (χ0) is 12.1. The van der Waals surface area contributed by atoms with Crippen molar-refractivity contribution in [1.29, 1.82) is 0 Å². The maximum Gasteiger partial charge on any atom is 0.0625 e. The molecule has 1 aromatic heterocycles. The fourth-order valence-corrected chi connectivity index (χ4v) is 1.86. The number of aromatic nitrogens is 2. The van der Waals surface area contributed by atoms with Crippen molar-refractivity contribution in [3.63, 3.8) is 0 Å². The third kappa shape index (κ3) is 3.34. The number of hydrogen-bond donors (Lipinski definition) is 1. The molecule has 1 heterocycles. The third-order valence-electron chi connectivity index (χ3n) is 3.49. The van der Waals surface area contributed by atoms with Gasteiger partial charge < -0.3 is 5.32 Å². The minimum atomic E-state index is 0.627. The van der Waals surface area contributed by atoms with Crippen LogP contribution in [0.3, 0.4) is 0 Å². The zero-order valence-electron chi connectivity index (χ0n) is 11.3. The Hall–Kier alpha value is -0.830. The van der Waals surface area contributed by atoms with E-state index in [-0.39, 0.29) is 0 Å². The SMILES string of the molecule is CNC(C)CCCCn1nc(C)c(C)c1C. The molecule has 0 saturated carbocycles. The number of unbranched alkanes of at least 4 members (excludes halogenated alkanes) is 1. The van der Waals surface area contributed by atoms with Crippen molar-refractivity contribution in [3.05, 3.63) is 17.0 Å². The second-order valence-corrected chi connectivity index (χ2v) is 4.70. The van der Waals surface area contributed by atoms with E-state index < -0.39 is 0 Å². The maximum absolute atomic E-state index is 4.55. The van der Waals surface area contributed by atoms with Crippen molar-refractivity contribution >= 4 is 0 Å². The van der Waals surface area contributed by atoms with Gasteiger partial charge in [-0.05, 0) is 53.1 Å². The molecule has 1 atom stereocenters. The Bertz CT molecular complexity index is 328. The lowest BCUT2D eigenvalue weighted by Gasteiger charge is -2.09. The molecule has 1 N–H and O–H groups in total. The molecule has 0 aliphatic rings. The number of rotatable bonds is 6. The van der Waals surface area contributed by atoms with E-state index >= 15 is 0 Å². The molecule has 1 rings (SSSR count). The molecule has 0 amide bonds. The summed E-state index contributed by atoms with van der Waals surface area (Å²) in [5, 5.41) is 7.81. The second kappa shape index (κ2) is 6.04. The summed E-state index contributed by atoms with van der Waals surface area (Å²) in [6.45, 7) is 9.68. The molecule has 1 aromatic rings. The normalized spacial score (nSPS) is 13.1. The fourth-order valence-electron chi connectivity index (χ4n) is 1.86. The molecule has 1 unspecified atom stereocenters. The van der Waals surface area contributed by atoms with E-state index in [1.165, 1.54) is 36.2 Å². The van der Waals surface area contributed by atoms with Crippen LogP contribution >= 0.6 is 0 Å². The minimum absolute atomic E-state index is 0.627. The molecule has 0 aliphatic heterocycles. The molecule has 0 bridgehead atoms. The summed E-state index contributed by atoms with van der Waals surface area (Å²) in [7, 11) is 2.02. The summed E-state index contributed by atoms with van der Waals surface area (Å²) in [6.07, 6.45) is 3.72. The van der Waals surface area contributed by atoms with Crippen molar-refractivity contribution < 1.29 is 0 Å². The molecule has 0 saturated heterocycles. The van der Waals surface area contributed by atoms with Crippen LogP contribution in [0.5, 0.6) is 0 Å². The summed E-state index contributed by atoms with van der Waals surface area (Å²) in [5.41, 5.74) is 3.82. The van der Waals surface area contributed by atoms with Gasteiger partial charge in [0.2, 0.25) is 0 Å². The van der Waals surface area contributed by atoms with Gasteiger partial charge in [-0.3, -0.25) is 4.68 Å². The molecule has 16 heavy (non-hydrogen) atoms. The van der Waals surface area contributed by atoms with Crippen LogP contribution in [-0.4, -0.2) is 22.9 Å². The monoisotopic (exact) mass is 223 g/mol. The minimum Gasteiger partial charge on any atom is -0.317 e. The van der Waals surface area contributed by atoms with E-state index in [9.17, 15) is 0 Å². The topological polar surface area (TPSA) is 29.9 Å². The van der Waals surface area contributed by atoms with Gasteiger partial charge in [0.05, 0.1) is 5.69 Å². The zero-order valence-corrected chi connectivity index (χ0v) is 11.3. The van der Waals surface area contributed by atoms with Crippen LogP contribution in [0.1, 0.15) is 43.1 Å². The van der Waals surface area contributed by atoms with E-state index in [0.29, 0.717) is 6.04 Å². The quantitative estimate of drug-likeness (QED) is 0.751. The average Bonchev–Trinajstić information content (AvgIpc) is 2.52. The maximum atomic E-state index is 4.55. The summed E-state index contributed by atoms with van der Waals surface area (Å²) < 4.78 is 2.15. The van der Waals surface area contributed by atoms with Crippen molar-refractivity contribution in [2.45, 2.75) is 59.5 Å². The standard InChI is InChI=1S/C13H25N3/c1-10(14-5)8-6-7-9-16-13(4)11(2)12(3)15-16/h10,14H,6-9H2,1-5H3. The predicted octanol–water partition coefficient (Wildman–Crippen LogP) is 2.59. The molecule has 0 spiro atoms. The molecular formula is C13H25N3. The first-order valence-corrected chi connectivity index (χ1v) is 6.24. The first-order chi connectivity index (χ1) is 7.56. The van der Waals surface area contributed by atoms with Gasteiger partial charge in [-0.25, -0.2) is 0 Å². The molecule has 3 heteroatoms. The summed E-state index contributed by atoms with van der Waals surface area (Å²) >= 11 is 0. The van der Waals surface area contributed by atoms with Crippen LogP contribution in [0.15, 0.2) is 0 Å². The first kappa shape index (κ1) is 13.2. The summed E-state index contributed by atoms with van der Waals surface area (Å²) in [4.78, 5) is 0. The molecule has 92 valence electrons. The molecule has 0 radical (unpaired) electrons. The van der Waals surface area contributed by atoms with Crippen molar-refractivity contribution in [1.82, 2.24) is 15.1 Å². The van der Waals surface area contributed by atoms with Crippen LogP contribution < -0.4 is 5.32 Å². The highest BCUT2D eigenvalue weighted by Gasteiger charge is 2.06. The van der Waals surface area contributed by atoms with E-state index in [0.717, 1.165) is 6.54 Å². The Morgan fingerprint density at radius 2 is 1.94 bits per heavy atom. The van der Waals surface area contributed by atoms with Gasteiger partial charge in [-0.1, -0.05) is 6.42 Å². The number of hydrogen-bond acceptors (Lipinski definition) is 2. The summed E-state index contributed by atoms with van der Waals surface area (Å²) in [5.74, 6) is 0. The number of nitrogens with one attached hydrogen (secondary N) is 1. The molecular weight excluding hydrogens is 198 g/mol. The Kier molecular flexibility index (Phi) is 5.00. The van der Waals surface area contributed by atoms with Crippen LogP contribution in [0, 0.1) is 20.8 Å². The highest BCUT2D eigenvalue weighted by atomic mass is 15.3. The highest BCUT2D eigenvalue weighted by Crippen LogP contribution is 2.12. The lowest BCUT2D eigenvalue weighted by atomic mass is 10.1. The Morgan fingerprint density at radius 3 is 2.44 bits per heavy atom. The van der Waals surface area contributed by atoms with Crippen LogP contribution in [0.25, 0.3) is 0 Å². The molecule has 0 fully saturated rings. The van der Waals surface area contributed by atoms with Gasteiger partial charge in [0.15, 0.2) is 0 Å². The van der Waals surface area contributed by atoms with Crippen LogP contribution in [0.4, 0.5) is 0 Å². The lowest BCUT2D eigenvalue weighted by Crippen LogP contribution is -2.20. The highest BCUT2D eigenvalue weighted by molar-refractivity contribution is 5.21. The first-order valence-electron chi connectivity index (χ1n) is 6.24. The van der Waals surface area contributed by atoms with Gasteiger partial charge in [-0.15, -0.1) is 0 Å². The van der Waals surface area contributed by atoms with Gasteiger partial charge in [0.25, 0.3) is 0 Å². The van der Waals surface area contributed by atoms with Gasteiger partial charge in [0, 0.05) is 18.3 Å². The van der Waals surface area contributed by atoms with Crippen molar-refractivity contribution in [2.24, 2.45) is 0 Å². The molecule has 3 nitrogen and oxygen atoms in total. The van der Waals surface area contributed by atoms with E-state index in [2.05, 4.69) is 42.8 Å². The van der Waals surface area contributed by atoms with E-state index in [4.69, 9.17) is 0 Å². The van der Waals surface area contributed by atoms with E-state index in [1.54, 1.807) is 0 Å².